The number of primary sulfonamides is 1. The van der Waals surface area contributed by atoms with Crippen LogP contribution >= 0.6 is 0 Å². The van der Waals surface area contributed by atoms with E-state index in [4.69, 9.17) is 9.88 Å². The van der Waals surface area contributed by atoms with E-state index in [2.05, 4.69) is 4.74 Å². The highest BCUT2D eigenvalue weighted by Gasteiger charge is 2.22. The largest absolute Gasteiger partial charge is 0.460 e. The number of sulfonamides is 1. The molecule has 6 nitrogen and oxygen atoms in total. The summed E-state index contributed by atoms with van der Waals surface area (Å²) < 4.78 is 58.4. The molecule has 20 heavy (non-hydrogen) atoms. The van der Waals surface area contributed by atoms with Gasteiger partial charge in [-0.1, -0.05) is 0 Å². The predicted molar refractivity (Wildman–Crippen MR) is 64.5 cm³/mol. The number of carbonyl (C=O) groups is 1. The Bertz CT molecular complexity index is 603. The van der Waals surface area contributed by atoms with Crippen LogP contribution in [0.3, 0.4) is 0 Å². The normalized spacial score (nSPS) is 11.4. The SMILES string of the molecule is CCOCCOC(=O)c1cc(S(N)(=O)=O)c(F)cc1F. The van der Waals surface area contributed by atoms with Gasteiger partial charge in [-0.05, 0) is 13.0 Å². The van der Waals surface area contributed by atoms with Gasteiger partial charge in [-0.15, -0.1) is 0 Å². The molecule has 0 saturated heterocycles. The van der Waals surface area contributed by atoms with Crippen molar-refractivity contribution in [3.63, 3.8) is 0 Å². The zero-order chi connectivity index (χ0) is 15.3. The van der Waals surface area contributed by atoms with Crippen LogP contribution in [-0.2, 0) is 19.5 Å². The highest BCUT2D eigenvalue weighted by Crippen LogP contribution is 2.19. The second kappa shape index (κ2) is 6.73. The van der Waals surface area contributed by atoms with Crippen LogP contribution in [-0.4, -0.2) is 34.2 Å². The Balaban J connectivity index is 2.98. The maximum absolute atomic E-state index is 13.4. The number of ether oxygens (including phenoxy) is 2. The van der Waals surface area contributed by atoms with Crippen LogP contribution < -0.4 is 5.14 Å². The lowest BCUT2D eigenvalue weighted by Gasteiger charge is -2.08. The molecule has 0 atom stereocenters. The maximum Gasteiger partial charge on any atom is 0.341 e. The molecular formula is C11H13F2NO5S. The van der Waals surface area contributed by atoms with Gasteiger partial charge in [0.2, 0.25) is 10.0 Å². The molecule has 0 aliphatic rings. The van der Waals surface area contributed by atoms with Crippen molar-refractivity contribution in [2.24, 2.45) is 5.14 Å². The summed E-state index contributed by atoms with van der Waals surface area (Å²) in [6, 6.07) is 0.766. The number of nitrogens with two attached hydrogens (primary N) is 1. The summed E-state index contributed by atoms with van der Waals surface area (Å²) >= 11 is 0. The third-order valence-corrected chi connectivity index (χ3v) is 3.14. The molecular weight excluding hydrogens is 296 g/mol. The minimum Gasteiger partial charge on any atom is -0.460 e. The van der Waals surface area contributed by atoms with Crippen molar-refractivity contribution in [3.05, 3.63) is 29.3 Å². The van der Waals surface area contributed by atoms with Crippen LogP contribution in [0.15, 0.2) is 17.0 Å². The summed E-state index contributed by atoms with van der Waals surface area (Å²) in [7, 11) is -4.41. The standard InChI is InChI=1S/C11H13F2NO5S/c1-2-18-3-4-19-11(15)7-5-10(20(14,16)17)9(13)6-8(7)12/h5-6H,2-4H2,1H3,(H2,14,16,17). The molecule has 0 radical (unpaired) electrons. The number of halogens is 2. The van der Waals surface area contributed by atoms with Crippen molar-refractivity contribution in [2.45, 2.75) is 11.8 Å². The minimum atomic E-state index is -4.41. The van der Waals surface area contributed by atoms with Crippen LogP contribution in [0.25, 0.3) is 0 Å². The van der Waals surface area contributed by atoms with Gasteiger partial charge in [0.25, 0.3) is 0 Å². The lowest BCUT2D eigenvalue weighted by atomic mass is 10.2. The van der Waals surface area contributed by atoms with Crippen LogP contribution in [0.1, 0.15) is 17.3 Å². The molecule has 0 fully saturated rings. The van der Waals surface area contributed by atoms with Crippen molar-refractivity contribution in [2.75, 3.05) is 19.8 Å². The predicted octanol–water partition coefficient (Wildman–Crippen LogP) is 0.806. The van der Waals surface area contributed by atoms with Crippen molar-refractivity contribution in [3.8, 4) is 0 Å². The van der Waals surface area contributed by atoms with Crippen LogP contribution in [0.4, 0.5) is 8.78 Å². The second-order valence-electron chi connectivity index (χ2n) is 3.64. The first-order valence-corrected chi connectivity index (χ1v) is 7.08. The fourth-order valence-electron chi connectivity index (χ4n) is 1.32. The molecule has 0 amide bonds. The number of carbonyl (C=O) groups excluding carboxylic acids is 1. The molecule has 0 bridgehead atoms. The first-order valence-electron chi connectivity index (χ1n) is 5.54. The van der Waals surface area contributed by atoms with E-state index in [0.29, 0.717) is 12.7 Å². The topological polar surface area (TPSA) is 95.7 Å². The lowest BCUT2D eigenvalue weighted by molar-refractivity contribution is 0.0330. The fraction of sp³-hybridized carbons (Fsp3) is 0.364. The highest BCUT2D eigenvalue weighted by atomic mass is 32.2. The molecule has 2 N–H and O–H groups in total. The van der Waals surface area contributed by atoms with Crippen LogP contribution in [0.2, 0.25) is 0 Å². The number of rotatable bonds is 6. The zero-order valence-corrected chi connectivity index (χ0v) is 11.4. The van der Waals surface area contributed by atoms with Crippen LogP contribution in [0.5, 0.6) is 0 Å². The monoisotopic (exact) mass is 309 g/mol. The number of esters is 1. The Morgan fingerprint density at radius 2 is 1.90 bits per heavy atom. The Kier molecular flexibility index (Phi) is 5.54. The molecule has 112 valence electrons. The van der Waals surface area contributed by atoms with E-state index >= 15 is 0 Å². The van der Waals surface area contributed by atoms with Gasteiger partial charge in [-0.25, -0.2) is 27.1 Å². The molecule has 1 rings (SSSR count). The van der Waals surface area contributed by atoms with E-state index in [-0.39, 0.29) is 19.3 Å². The molecule has 0 saturated carbocycles. The van der Waals surface area contributed by atoms with E-state index in [0.717, 1.165) is 0 Å². The van der Waals surface area contributed by atoms with Gasteiger partial charge < -0.3 is 9.47 Å². The summed E-state index contributed by atoms with van der Waals surface area (Å²) in [6.07, 6.45) is 0. The van der Waals surface area contributed by atoms with Gasteiger partial charge in [0.1, 0.15) is 23.1 Å². The smallest absolute Gasteiger partial charge is 0.341 e. The van der Waals surface area contributed by atoms with Gasteiger partial charge in [0.05, 0.1) is 12.2 Å². The summed E-state index contributed by atoms with van der Waals surface area (Å²) in [4.78, 5) is 10.6. The van der Waals surface area contributed by atoms with Gasteiger partial charge >= 0.3 is 5.97 Å². The van der Waals surface area contributed by atoms with E-state index in [1.54, 1.807) is 6.92 Å². The molecule has 1 aromatic carbocycles. The molecule has 0 aliphatic carbocycles. The Labute approximate surface area is 114 Å². The van der Waals surface area contributed by atoms with Gasteiger partial charge in [-0.3, -0.25) is 0 Å². The Morgan fingerprint density at radius 1 is 1.25 bits per heavy atom. The molecule has 0 aromatic heterocycles. The van der Waals surface area contributed by atoms with Crippen LogP contribution in [0, 0.1) is 11.6 Å². The third kappa shape index (κ3) is 4.22. The number of hydrogen-bond acceptors (Lipinski definition) is 5. The first kappa shape index (κ1) is 16.5. The van der Waals surface area contributed by atoms with E-state index in [9.17, 15) is 22.0 Å². The molecule has 0 heterocycles. The lowest BCUT2D eigenvalue weighted by Crippen LogP contribution is -2.17. The van der Waals surface area contributed by atoms with Crippen molar-refractivity contribution in [1.82, 2.24) is 0 Å². The van der Waals surface area contributed by atoms with Gasteiger partial charge in [0.15, 0.2) is 0 Å². The summed E-state index contributed by atoms with van der Waals surface area (Å²) in [6.45, 7) is 2.11. The van der Waals surface area contributed by atoms with Gasteiger partial charge in [-0.2, -0.15) is 0 Å². The second-order valence-corrected chi connectivity index (χ2v) is 5.17. The minimum absolute atomic E-state index is 0.104. The summed E-state index contributed by atoms with van der Waals surface area (Å²) in [5.41, 5.74) is -0.716. The molecule has 0 aliphatic heterocycles. The quantitative estimate of drug-likeness (QED) is 0.619. The molecule has 1 aromatic rings. The fourth-order valence-corrected chi connectivity index (χ4v) is 1.93. The average molecular weight is 309 g/mol. The zero-order valence-electron chi connectivity index (χ0n) is 10.6. The van der Waals surface area contributed by atoms with Crippen molar-refractivity contribution in [1.29, 1.82) is 0 Å². The van der Waals surface area contributed by atoms with Crippen molar-refractivity contribution >= 4 is 16.0 Å². The molecule has 9 heteroatoms. The number of benzene rings is 1. The Morgan fingerprint density at radius 3 is 2.45 bits per heavy atom. The maximum atomic E-state index is 13.4. The third-order valence-electron chi connectivity index (χ3n) is 2.21. The highest BCUT2D eigenvalue weighted by molar-refractivity contribution is 7.89. The first-order chi connectivity index (χ1) is 9.27. The average Bonchev–Trinajstić information content (AvgIpc) is 2.32. The van der Waals surface area contributed by atoms with E-state index in [1.165, 1.54) is 0 Å². The molecule has 0 unspecified atom stereocenters. The summed E-state index contributed by atoms with van der Waals surface area (Å²) in [5.74, 6) is -3.75. The van der Waals surface area contributed by atoms with Gasteiger partial charge in [0, 0.05) is 12.7 Å². The van der Waals surface area contributed by atoms with E-state index in [1.807, 2.05) is 0 Å². The molecule has 0 spiro atoms. The van der Waals surface area contributed by atoms with Crippen molar-refractivity contribution < 1.29 is 31.5 Å². The summed E-state index contributed by atoms with van der Waals surface area (Å²) in [5, 5.41) is 4.75. The van der Waals surface area contributed by atoms with E-state index < -0.39 is 38.1 Å². The Hall–Kier alpha value is -1.58. The number of hydrogen-bond donors (Lipinski definition) is 1.